The maximum atomic E-state index is 13.3. The molecule has 1 aromatic heterocycles. The van der Waals surface area contributed by atoms with Gasteiger partial charge in [0.1, 0.15) is 35.6 Å². The van der Waals surface area contributed by atoms with E-state index >= 15 is 0 Å². The molecule has 0 bridgehead atoms. The van der Waals surface area contributed by atoms with Crippen LogP contribution in [0.1, 0.15) is 42.7 Å². The van der Waals surface area contributed by atoms with Gasteiger partial charge in [0, 0.05) is 24.9 Å². The van der Waals surface area contributed by atoms with E-state index in [-0.39, 0.29) is 23.7 Å². The number of likely N-dealkylation sites (N-methyl/N-ethyl adjacent to an activating group) is 1. The zero-order valence-electron chi connectivity index (χ0n) is 22.4. The summed E-state index contributed by atoms with van der Waals surface area (Å²) < 4.78 is 11.8. The first kappa shape index (κ1) is 26.3. The lowest BCUT2D eigenvalue weighted by Crippen LogP contribution is -2.49. The molecule has 2 aliphatic rings. The average molecular weight is 525 g/mol. The minimum absolute atomic E-state index is 0.00483. The second-order valence-corrected chi connectivity index (χ2v) is 10.2. The Balaban J connectivity index is 1.28. The highest BCUT2D eigenvalue weighted by Gasteiger charge is 2.31. The molecule has 1 fully saturated rings. The standard InChI is InChI=1S/C31H32N4O4/c1-31(2,35-17-7-8-18-35)15-13-22-11-12-28-27(19-22)34(3)30(37)26(21-38-28)33-29(36)25-20-24(14-16-32-25)39-23-9-5-4-6-10-23/h4-6,9-12,14,16,19-20,26H,7-8,17-18,21H2,1-3H3,(H,33,36)/t26-/m1/s1. The minimum atomic E-state index is -0.890. The number of fused-ring (bicyclic) bond motifs is 1. The van der Waals surface area contributed by atoms with E-state index in [1.807, 2.05) is 48.5 Å². The topological polar surface area (TPSA) is 84.0 Å². The SMILES string of the molecule is CN1C(=O)[C@H](NC(=O)c2cc(Oc3ccccc3)ccn2)COc2ccc(C#CC(C)(C)N3CCCC3)cc21. The fourth-order valence-corrected chi connectivity index (χ4v) is 4.72. The number of ether oxygens (including phenoxy) is 2. The molecule has 39 heavy (non-hydrogen) atoms. The van der Waals surface area contributed by atoms with Gasteiger partial charge in [-0.1, -0.05) is 30.0 Å². The largest absolute Gasteiger partial charge is 0.489 e. The number of hydrogen-bond acceptors (Lipinski definition) is 6. The summed E-state index contributed by atoms with van der Waals surface area (Å²) in [6.45, 7) is 6.39. The zero-order valence-corrected chi connectivity index (χ0v) is 22.4. The Kier molecular flexibility index (Phi) is 7.53. The van der Waals surface area contributed by atoms with Crippen LogP contribution in [0.25, 0.3) is 0 Å². The number of anilines is 1. The highest BCUT2D eigenvalue weighted by Crippen LogP contribution is 2.32. The summed E-state index contributed by atoms with van der Waals surface area (Å²) in [5.74, 6) is 7.56. The Hall–Kier alpha value is -4.35. The molecule has 1 N–H and O–H groups in total. The number of carbonyl (C=O) groups is 2. The van der Waals surface area contributed by atoms with Gasteiger partial charge in [-0.2, -0.15) is 0 Å². The molecule has 1 atom stereocenters. The second-order valence-electron chi connectivity index (χ2n) is 10.2. The highest BCUT2D eigenvalue weighted by atomic mass is 16.5. The summed E-state index contributed by atoms with van der Waals surface area (Å²) in [6.07, 6.45) is 3.90. The maximum absolute atomic E-state index is 13.3. The predicted molar refractivity (Wildman–Crippen MR) is 149 cm³/mol. The molecule has 0 aliphatic carbocycles. The van der Waals surface area contributed by atoms with Crippen LogP contribution in [0.2, 0.25) is 0 Å². The summed E-state index contributed by atoms with van der Waals surface area (Å²) in [6, 6.07) is 17.1. The van der Waals surface area contributed by atoms with Crippen LogP contribution in [-0.4, -0.2) is 60.0 Å². The van der Waals surface area contributed by atoms with Crippen LogP contribution in [0.3, 0.4) is 0 Å². The number of benzene rings is 2. The third-order valence-electron chi connectivity index (χ3n) is 7.01. The van der Waals surface area contributed by atoms with E-state index < -0.39 is 11.9 Å². The van der Waals surface area contributed by atoms with Gasteiger partial charge in [-0.25, -0.2) is 0 Å². The fraction of sp³-hybridized carbons (Fsp3) is 0.323. The molecule has 0 saturated carbocycles. The Morgan fingerprint density at radius 3 is 2.62 bits per heavy atom. The van der Waals surface area contributed by atoms with E-state index in [0.29, 0.717) is 22.9 Å². The maximum Gasteiger partial charge on any atom is 0.270 e. The quantitative estimate of drug-likeness (QED) is 0.503. The predicted octanol–water partition coefficient (Wildman–Crippen LogP) is 4.25. The van der Waals surface area contributed by atoms with Crippen molar-refractivity contribution in [1.82, 2.24) is 15.2 Å². The van der Waals surface area contributed by atoms with Crippen LogP contribution in [0.4, 0.5) is 5.69 Å². The van der Waals surface area contributed by atoms with Crippen molar-refractivity contribution < 1.29 is 19.1 Å². The van der Waals surface area contributed by atoms with Gasteiger partial charge in [0.25, 0.3) is 11.8 Å². The minimum Gasteiger partial charge on any atom is -0.489 e. The van der Waals surface area contributed by atoms with E-state index in [1.54, 1.807) is 13.1 Å². The van der Waals surface area contributed by atoms with Crippen LogP contribution < -0.4 is 19.7 Å². The molecule has 0 spiro atoms. The van der Waals surface area contributed by atoms with Crippen molar-refractivity contribution in [3.8, 4) is 29.1 Å². The summed E-state index contributed by atoms with van der Waals surface area (Å²) in [7, 11) is 1.67. The van der Waals surface area contributed by atoms with Crippen LogP contribution in [0, 0.1) is 11.8 Å². The van der Waals surface area contributed by atoms with Crippen LogP contribution in [-0.2, 0) is 4.79 Å². The zero-order chi connectivity index (χ0) is 27.4. The number of nitrogens with zero attached hydrogens (tertiary/aromatic N) is 3. The van der Waals surface area contributed by atoms with Gasteiger partial charge in [-0.3, -0.25) is 19.5 Å². The van der Waals surface area contributed by atoms with Crippen molar-refractivity contribution >= 4 is 17.5 Å². The van der Waals surface area contributed by atoms with Crippen LogP contribution in [0.5, 0.6) is 17.2 Å². The highest BCUT2D eigenvalue weighted by molar-refractivity contribution is 6.03. The summed E-state index contributed by atoms with van der Waals surface area (Å²) in [5.41, 5.74) is 1.32. The first-order chi connectivity index (χ1) is 18.8. The Morgan fingerprint density at radius 2 is 1.85 bits per heavy atom. The molecule has 0 unspecified atom stereocenters. The van der Waals surface area contributed by atoms with E-state index in [0.717, 1.165) is 18.7 Å². The van der Waals surface area contributed by atoms with Crippen molar-refractivity contribution in [2.24, 2.45) is 0 Å². The number of nitrogens with one attached hydrogen (secondary N) is 1. The summed E-state index contributed by atoms with van der Waals surface area (Å²) in [5, 5.41) is 2.77. The average Bonchev–Trinajstić information content (AvgIpc) is 3.47. The van der Waals surface area contributed by atoms with Gasteiger partial charge >= 0.3 is 0 Å². The van der Waals surface area contributed by atoms with Gasteiger partial charge in [0.15, 0.2) is 0 Å². The number of likely N-dealkylation sites (tertiary alicyclic amines) is 1. The van der Waals surface area contributed by atoms with Crippen molar-refractivity contribution in [1.29, 1.82) is 0 Å². The van der Waals surface area contributed by atoms with Gasteiger partial charge in [0.05, 0.1) is 11.2 Å². The van der Waals surface area contributed by atoms with E-state index in [4.69, 9.17) is 9.47 Å². The van der Waals surface area contributed by atoms with Gasteiger partial charge in [-0.05, 0) is 76.2 Å². The van der Waals surface area contributed by atoms with Crippen molar-refractivity contribution in [2.45, 2.75) is 38.3 Å². The summed E-state index contributed by atoms with van der Waals surface area (Å²) >= 11 is 0. The lowest BCUT2D eigenvalue weighted by Gasteiger charge is -2.30. The number of amides is 2. The van der Waals surface area contributed by atoms with Gasteiger partial charge in [-0.15, -0.1) is 0 Å². The molecule has 1 saturated heterocycles. The summed E-state index contributed by atoms with van der Waals surface area (Å²) in [4.78, 5) is 34.4. The number of hydrogen-bond donors (Lipinski definition) is 1. The normalized spacial score (nSPS) is 17.4. The van der Waals surface area contributed by atoms with Crippen molar-refractivity contribution in [3.05, 3.63) is 78.1 Å². The third kappa shape index (κ3) is 6.05. The van der Waals surface area contributed by atoms with Gasteiger partial charge in [0.2, 0.25) is 0 Å². The van der Waals surface area contributed by atoms with Crippen LogP contribution in [0.15, 0.2) is 66.9 Å². The second kappa shape index (κ2) is 11.2. The smallest absolute Gasteiger partial charge is 0.270 e. The van der Waals surface area contributed by atoms with E-state index in [2.05, 4.69) is 40.9 Å². The molecule has 200 valence electrons. The Morgan fingerprint density at radius 1 is 1.08 bits per heavy atom. The first-order valence-electron chi connectivity index (χ1n) is 13.1. The molecular formula is C31H32N4O4. The molecule has 8 nitrogen and oxygen atoms in total. The molecule has 8 heteroatoms. The first-order valence-corrected chi connectivity index (χ1v) is 13.1. The molecule has 3 aromatic rings. The number of aromatic nitrogens is 1. The number of rotatable bonds is 5. The van der Waals surface area contributed by atoms with Crippen molar-refractivity contribution in [2.75, 3.05) is 31.6 Å². The van der Waals surface area contributed by atoms with Crippen LogP contribution >= 0.6 is 0 Å². The number of pyridine rings is 1. The molecule has 2 amide bonds. The lowest BCUT2D eigenvalue weighted by atomic mass is 10.0. The molecular weight excluding hydrogens is 492 g/mol. The Bertz CT molecular complexity index is 1420. The number of carbonyl (C=O) groups excluding carboxylic acids is 2. The fourth-order valence-electron chi connectivity index (χ4n) is 4.72. The van der Waals surface area contributed by atoms with Crippen molar-refractivity contribution in [3.63, 3.8) is 0 Å². The third-order valence-corrected chi connectivity index (χ3v) is 7.01. The van der Waals surface area contributed by atoms with E-state index in [1.165, 1.54) is 30.0 Å². The monoisotopic (exact) mass is 524 g/mol. The van der Waals surface area contributed by atoms with E-state index in [9.17, 15) is 9.59 Å². The Labute approximate surface area is 228 Å². The number of para-hydroxylation sites is 1. The molecule has 0 radical (unpaired) electrons. The molecule has 2 aromatic carbocycles. The molecule has 5 rings (SSSR count). The van der Waals surface area contributed by atoms with Gasteiger partial charge < -0.3 is 19.7 Å². The lowest BCUT2D eigenvalue weighted by molar-refractivity contribution is -0.120. The molecule has 2 aliphatic heterocycles. The molecule has 3 heterocycles.